The van der Waals surface area contributed by atoms with Crippen molar-refractivity contribution in [1.82, 2.24) is 9.80 Å². The van der Waals surface area contributed by atoms with Crippen LogP contribution in [0, 0.1) is 0 Å². The fraction of sp³-hybridized carbons (Fsp3) is 0.929. The van der Waals surface area contributed by atoms with Gasteiger partial charge >= 0.3 is 0 Å². The molecule has 3 N–H and O–H groups in total. The molecule has 2 heterocycles. The maximum atomic E-state index is 8.47. The van der Waals surface area contributed by atoms with Gasteiger partial charge < -0.3 is 15.8 Å². The third-order valence-corrected chi connectivity index (χ3v) is 4.44. The molecule has 19 heavy (non-hydrogen) atoms. The van der Waals surface area contributed by atoms with Gasteiger partial charge in [0, 0.05) is 19.0 Å². The van der Waals surface area contributed by atoms with Crippen LogP contribution in [0.15, 0.2) is 5.16 Å². The lowest BCUT2D eigenvalue weighted by molar-refractivity contribution is 0.162. The minimum Gasteiger partial charge on any atom is -0.409 e. The van der Waals surface area contributed by atoms with Crippen LogP contribution in [0.3, 0.4) is 0 Å². The van der Waals surface area contributed by atoms with E-state index in [1.807, 2.05) is 0 Å². The summed E-state index contributed by atoms with van der Waals surface area (Å²) in [7, 11) is 0. The Bertz CT molecular complexity index is 289. The molecule has 1 atom stereocenters. The van der Waals surface area contributed by atoms with E-state index in [1.54, 1.807) is 0 Å². The Morgan fingerprint density at radius 2 is 1.95 bits per heavy atom. The van der Waals surface area contributed by atoms with E-state index in [9.17, 15) is 0 Å². The molecule has 0 aliphatic carbocycles. The van der Waals surface area contributed by atoms with E-state index in [0.717, 1.165) is 25.4 Å². The number of nitrogens with two attached hydrogens (primary N) is 1. The van der Waals surface area contributed by atoms with Gasteiger partial charge in [-0.2, -0.15) is 0 Å². The standard InChI is InChI=1S/C14H28N4O/c15-14(16-19)6-2-5-8-17-11-7-13(12-17)18-9-3-1-4-10-18/h13,19H,1-12H2,(H2,15,16). The molecular weight excluding hydrogens is 240 g/mol. The second-order valence-electron chi connectivity index (χ2n) is 5.89. The van der Waals surface area contributed by atoms with Crippen LogP contribution in [-0.4, -0.2) is 59.6 Å². The lowest BCUT2D eigenvalue weighted by Crippen LogP contribution is -2.40. The topological polar surface area (TPSA) is 65.1 Å². The fourth-order valence-corrected chi connectivity index (χ4v) is 3.29. The van der Waals surface area contributed by atoms with Crippen LogP contribution in [0.5, 0.6) is 0 Å². The monoisotopic (exact) mass is 268 g/mol. The van der Waals surface area contributed by atoms with Crippen LogP contribution < -0.4 is 5.73 Å². The zero-order valence-corrected chi connectivity index (χ0v) is 11.9. The van der Waals surface area contributed by atoms with Gasteiger partial charge in [-0.1, -0.05) is 11.6 Å². The molecule has 0 spiro atoms. The van der Waals surface area contributed by atoms with Gasteiger partial charge in [0.2, 0.25) is 0 Å². The molecule has 2 aliphatic rings. The van der Waals surface area contributed by atoms with Crippen molar-refractivity contribution < 1.29 is 5.21 Å². The minimum atomic E-state index is 0.354. The van der Waals surface area contributed by atoms with Crippen LogP contribution in [0.4, 0.5) is 0 Å². The highest BCUT2D eigenvalue weighted by atomic mass is 16.4. The minimum absolute atomic E-state index is 0.354. The molecule has 0 bridgehead atoms. The summed E-state index contributed by atoms with van der Waals surface area (Å²) in [6.45, 7) is 6.25. The molecular formula is C14H28N4O. The highest BCUT2D eigenvalue weighted by Crippen LogP contribution is 2.20. The van der Waals surface area contributed by atoms with Gasteiger partial charge in [-0.15, -0.1) is 0 Å². The number of piperidine rings is 1. The van der Waals surface area contributed by atoms with Gasteiger partial charge in [-0.05, 0) is 58.3 Å². The van der Waals surface area contributed by atoms with Crippen molar-refractivity contribution >= 4 is 5.84 Å². The van der Waals surface area contributed by atoms with Gasteiger partial charge in [0.15, 0.2) is 0 Å². The normalized spacial score (nSPS) is 26.9. The van der Waals surface area contributed by atoms with E-state index in [2.05, 4.69) is 15.0 Å². The van der Waals surface area contributed by atoms with Gasteiger partial charge in [0.1, 0.15) is 5.84 Å². The quantitative estimate of drug-likeness (QED) is 0.252. The van der Waals surface area contributed by atoms with E-state index < -0.39 is 0 Å². The largest absolute Gasteiger partial charge is 0.409 e. The van der Waals surface area contributed by atoms with Crippen molar-refractivity contribution in [1.29, 1.82) is 0 Å². The summed E-state index contributed by atoms with van der Waals surface area (Å²) in [6.07, 6.45) is 8.39. The summed E-state index contributed by atoms with van der Waals surface area (Å²) < 4.78 is 0. The number of amidine groups is 1. The average molecular weight is 268 g/mol. The number of hydrogen-bond acceptors (Lipinski definition) is 4. The Morgan fingerprint density at radius 1 is 1.16 bits per heavy atom. The van der Waals surface area contributed by atoms with Crippen molar-refractivity contribution in [3.63, 3.8) is 0 Å². The zero-order valence-electron chi connectivity index (χ0n) is 11.9. The lowest BCUT2D eigenvalue weighted by atomic mass is 10.1. The van der Waals surface area contributed by atoms with Crippen LogP contribution in [0.25, 0.3) is 0 Å². The Morgan fingerprint density at radius 3 is 2.68 bits per heavy atom. The van der Waals surface area contributed by atoms with Crippen molar-refractivity contribution in [3.05, 3.63) is 0 Å². The van der Waals surface area contributed by atoms with E-state index >= 15 is 0 Å². The third-order valence-electron chi connectivity index (χ3n) is 4.44. The number of rotatable bonds is 6. The number of nitrogens with zero attached hydrogens (tertiary/aromatic N) is 3. The molecule has 110 valence electrons. The van der Waals surface area contributed by atoms with Crippen LogP contribution in [0.2, 0.25) is 0 Å². The second-order valence-corrected chi connectivity index (χ2v) is 5.89. The van der Waals surface area contributed by atoms with Crippen LogP contribution in [-0.2, 0) is 0 Å². The first kappa shape index (κ1) is 14.6. The van der Waals surface area contributed by atoms with E-state index in [4.69, 9.17) is 10.9 Å². The Kier molecular flexibility index (Phi) is 5.92. The highest BCUT2D eigenvalue weighted by molar-refractivity contribution is 5.79. The molecule has 0 saturated carbocycles. The highest BCUT2D eigenvalue weighted by Gasteiger charge is 2.27. The smallest absolute Gasteiger partial charge is 0.139 e. The Balaban J connectivity index is 1.59. The summed E-state index contributed by atoms with van der Waals surface area (Å²) in [5.74, 6) is 0.354. The van der Waals surface area contributed by atoms with Crippen molar-refractivity contribution in [3.8, 4) is 0 Å². The molecule has 1 unspecified atom stereocenters. The lowest BCUT2D eigenvalue weighted by Gasteiger charge is -2.32. The van der Waals surface area contributed by atoms with Crippen LogP contribution >= 0.6 is 0 Å². The summed E-state index contributed by atoms with van der Waals surface area (Å²) >= 11 is 0. The molecule has 0 aromatic carbocycles. The molecule has 0 radical (unpaired) electrons. The number of likely N-dealkylation sites (tertiary alicyclic amines) is 2. The third kappa shape index (κ3) is 4.66. The molecule has 2 saturated heterocycles. The SMILES string of the molecule is NC(CCCCN1CCC(N2CCCCC2)C1)=NO. The first-order valence-electron chi connectivity index (χ1n) is 7.72. The summed E-state index contributed by atoms with van der Waals surface area (Å²) in [5, 5.41) is 11.5. The van der Waals surface area contributed by atoms with Crippen LogP contribution in [0.1, 0.15) is 44.9 Å². The Labute approximate surface area is 116 Å². The van der Waals surface area contributed by atoms with Gasteiger partial charge in [-0.25, -0.2) is 0 Å². The summed E-state index contributed by atoms with van der Waals surface area (Å²) in [5.41, 5.74) is 5.47. The number of unbranched alkanes of at least 4 members (excludes halogenated alkanes) is 1. The maximum absolute atomic E-state index is 8.47. The predicted molar refractivity (Wildman–Crippen MR) is 77.5 cm³/mol. The number of hydrogen-bond donors (Lipinski definition) is 2. The molecule has 2 fully saturated rings. The molecule has 5 heteroatoms. The summed E-state index contributed by atoms with van der Waals surface area (Å²) in [6, 6.07) is 0.796. The fourth-order valence-electron chi connectivity index (χ4n) is 3.29. The number of oxime groups is 1. The predicted octanol–water partition coefficient (Wildman–Crippen LogP) is 1.46. The van der Waals surface area contributed by atoms with Gasteiger partial charge in [0.25, 0.3) is 0 Å². The van der Waals surface area contributed by atoms with Crippen molar-refractivity contribution in [2.45, 2.75) is 51.0 Å². The molecule has 0 aromatic rings. The molecule has 0 amide bonds. The first-order valence-corrected chi connectivity index (χ1v) is 7.72. The average Bonchev–Trinajstić information content (AvgIpc) is 2.93. The van der Waals surface area contributed by atoms with E-state index in [1.165, 1.54) is 51.9 Å². The molecule has 0 aromatic heterocycles. The van der Waals surface area contributed by atoms with E-state index in [0.29, 0.717) is 12.3 Å². The molecule has 2 rings (SSSR count). The maximum Gasteiger partial charge on any atom is 0.139 e. The van der Waals surface area contributed by atoms with Gasteiger partial charge in [-0.3, -0.25) is 4.90 Å². The molecule has 5 nitrogen and oxygen atoms in total. The zero-order chi connectivity index (χ0) is 13.5. The van der Waals surface area contributed by atoms with E-state index in [-0.39, 0.29) is 0 Å². The second kappa shape index (κ2) is 7.70. The van der Waals surface area contributed by atoms with Crippen molar-refractivity contribution in [2.75, 3.05) is 32.7 Å². The Hall–Kier alpha value is -0.810. The molecule has 2 aliphatic heterocycles. The van der Waals surface area contributed by atoms with Crippen molar-refractivity contribution in [2.24, 2.45) is 10.9 Å². The summed E-state index contributed by atoms with van der Waals surface area (Å²) in [4.78, 5) is 5.27. The first-order chi connectivity index (χ1) is 9.29. The van der Waals surface area contributed by atoms with Gasteiger partial charge in [0.05, 0.1) is 0 Å².